The zero-order valence-electron chi connectivity index (χ0n) is 17.0. The van der Waals surface area contributed by atoms with Gasteiger partial charge in [-0.25, -0.2) is 0 Å². The van der Waals surface area contributed by atoms with Crippen LogP contribution in [0.2, 0.25) is 0 Å². The summed E-state index contributed by atoms with van der Waals surface area (Å²) in [5.41, 5.74) is 7.06. The van der Waals surface area contributed by atoms with Gasteiger partial charge in [0.15, 0.2) is 5.78 Å². The summed E-state index contributed by atoms with van der Waals surface area (Å²) in [5.74, 6) is -0.0625. The number of hydrogen-bond donors (Lipinski definition) is 1. The Morgan fingerprint density at radius 3 is 2.39 bits per heavy atom. The molecule has 0 aliphatic heterocycles. The maximum absolute atomic E-state index is 10.0. The third kappa shape index (κ3) is 6.70. The molecule has 1 aromatic heterocycles. The molecule has 28 heavy (non-hydrogen) atoms. The van der Waals surface area contributed by atoms with Crippen LogP contribution in [0.4, 0.5) is 0 Å². The average molecular weight is 553 g/mol. The summed E-state index contributed by atoms with van der Waals surface area (Å²) < 4.78 is 0. The van der Waals surface area contributed by atoms with E-state index in [1.165, 1.54) is 42.0 Å². The van der Waals surface area contributed by atoms with Crippen molar-refractivity contribution in [1.82, 2.24) is 4.98 Å². The second-order valence-electron chi connectivity index (χ2n) is 6.70. The molecule has 1 radical (unpaired) electrons. The van der Waals surface area contributed by atoms with Crippen molar-refractivity contribution in [3.05, 3.63) is 77.1 Å². The summed E-state index contributed by atoms with van der Waals surface area (Å²) in [5, 5.41) is 9.57. The summed E-state index contributed by atoms with van der Waals surface area (Å²) >= 11 is 0. The first-order chi connectivity index (χ1) is 12.8. The molecule has 0 spiro atoms. The number of nitrogens with zero attached hydrogens (tertiary/aromatic N) is 1. The molecule has 3 aromatic rings. The zero-order valence-corrected chi connectivity index (χ0v) is 19.4. The summed E-state index contributed by atoms with van der Waals surface area (Å²) in [4.78, 5) is 14.8. The van der Waals surface area contributed by atoms with Gasteiger partial charge in [0.2, 0.25) is 0 Å². The van der Waals surface area contributed by atoms with Crippen LogP contribution < -0.4 is 0 Å². The van der Waals surface area contributed by atoms with Crippen molar-refractivity contribution in [2.24, 2.45) is 0 Å². The van der Waals surface area contributed by atoms with E-state index in [0.717, 1.165) is 23.2 Å². The van der Waals surface area contributed by atoms with Crippen LogP contribution in [0.5, 0.6) is 0 Å². The fraction of sp³-hybridized carbons (Fsp3) is 0.250. The quantitative estimate of drug-likeness (QED) is 0.250. The first-order valence-electron chi connectivity index (χ1n) is 9.07. The molecular formula is C24H26IrNO2-. The van der Waals surface area contributed by atoms with Gasteiger partial charge in [-0.2, -0.15) is 0 Å². The third-order valence-corrected chi connectivity index (χ3v) is 4.17. The summed E-state index contributed by atoms with van der Waals surface area (Å²) in [7, 11) is 0. The molecule has 0 unspecified atom stereocenters. The van der Waals surface area contributed by atoms with Crippen LogP contribution in [-0.2, 0) is 31.3 Å². The van der Waals surface area contributed by atoms with Gasteiger partial charge < -0.3 is 5.11 Å². The summed E-state index contributed by atoms with van der Waals surface area (Å²) in [6.45, 7) is 9.29. The number of benzene rings is 2. The number of aromatic nitrogens is 1. The van der Waals surface area contributed by atoms with E-state index in [1.54, 1.807) is 0 Å². The Morgan fingerprint density at radius 2 is 1.86 bits per heavy atom. The number of carbonyl (C=O) groups is 1. The molecule has 0 aliphatic rings. The fourth-order valence-corrected chi connectivity index (χ4v) is 2.88. The predicted octanol–water partition coefficient (Wildman–Crippen LogP) is 5.92. The number of fused-ring (bicyclic) bond motifs is 1. The molecule has 0 atom stereocenters. The molecule has 0 bridgehead atoms. The Morgan fingerprint density at radius 1 is 1.14 bits per heavy atom. The number of rotatable bonds is 3. The molecule has 3 nitrogen and oxygen atoms in total. The molecule has 0 amide bonds. The van der Waals surface area contributed by atoms with Crippen LogP contribution >= 0.6 is 0 Å². The fourth-order valence-electron chi connectivity index (χ4n) is 2.88. The molecule has 0 fully saturated rings. The molecule has 2 aromatic carbocycles. The SMILES string of the molecule is CC(=O)/C=C(/C)O.CCc1cc2ccc(-c3[c-]ccc(C)c3)nc2cc1C.[Ir]. The number of ketones is 1. The van der Waals surface area contributed by atoms with Crippen molar-refractivity contribution in [1.29, 1.82) is 0 Å². The summed E-state index contributed by atoms with van der Waals surface area (Å²) in [6.07, 6.45) is 2.23. The van der Waals surface area contributed by atoms with Crippen LogP contribution in [-0.4, -0.2) is 15.9 Å². The minimum Gasteiger partial charge on any atom is -0.512 e. The average Bonchev–Trinajstić information content (AvgIpc) is 2.60. The van der Waals surface area contributed by atoms with Crippen LogP contribution in [0, 0.1) is 19.9 Å². The monoisotopic (exact) mass is 553 g/mol. The van der Waals surface area contributed by atoms with Gasteiger partial charge in [0.1, 0.15) is 0 Å². The van der Waals surface area contributed by atoms with Gasteiger partial charge in [0.05, 0.1) is 11.3 Å². The van der Waals surface area contributed by atoms with Gasteiger partial charge in [0.25, 0.3) is 0 Å². The van der Waals surface area contributed by atoms with Crippen molar-refractivity contribution >= 4 is 16.7 Å². The Kier molecular flexibility index (Phi) is 9.24. The van der Waals surface area contributed by atoms with Gasteiger partial charge in [0, 0.05) is 26.2 Å². The van der Waals surface area contributed by atoms with Crippen LogP contribution in [0.1, 0.15) is 37.5 Å². The largest absolute Gasteiger partial charge is 0.512 e. The Balaban J connectivity index is 0.000000425. The Labute approximate surface area is 180 Å². The van der Waals surface area contributed by atoms with E-state index in [2.05, 4.69) is 63.2 Å². The minimum atomic E-state index is -0.125. The predicted molar refractivity (Wildman–Crippen MR) is 112 cm³/mol. The van der Waals surface area contributed by atoms with Crippen LogP contribution in [0.25, 0.3) is 22.2 Å². The Bertz CT molecular complexity index is 989. The second kappa shape index (κ2) is 10.9. The van der Waals surface area contributed by atoms with Crippen LogP contribution in [0.3, 0.4) is 0 Å². The molecule has 1 N–H and O–H groups in total. The first-order valence-corrected chi connectivity index (χ1v) is 9.07. The van der Waals surface area contributed by atoms with Gasteiger partial charge in [-0.1, -0.05) is 26.0 Å². The maximum Gasteiger partial charge on any atom is 0.155 e. The Hall–Kier alpha value is -2.29. The molecule has 0 saturated heterocycles. The molecule has 0 aliphatic carbocycles. The van der Waals surface area contributed by atoms with E-state index < -0.39 is 0 Å². The van der Waals surface area contributed by atoms with E-state index >= 15 is 0 Å². The van der Waals surface area contributed by atoms with E-state index in [0.29, 0.717) is 0 Å². The van der Waals surface area contributed by atoms with Crippen LogP contribution in [0.15, 0.2) is 54.3 Å². The van der Waals surface area contributed by atoms with Crippen molar-refractivity contribution in [2.45, 2.75) is 41.0 Å². The number of aliphatic hydroxyl groups excluding tert-OH is 1. The molecule has 1 heterocycles. The van der Waals surface area contributed by atoms with E-state index in [4.69, 9.17) is 10.1 Å². The number of aliphatic hydroxyl groups is 1. The topological polar surface area (TPSA) is 50.2 Å². The second-order valence-corrected chi connectivity index (χ2v) is 6.70. The smallest absolute Gasteiger partial charge is 0.155 e. The third-order valence-electron chi connectivity index (χ3n) is 4.17. The molecule has 3 rings (SSSR count). The van der Waals surface area contributed by atoms with E-state index in [-0.39, 0.29) is 31.6 Å². The van der Waals surface area contributed by atoms with E-state index in [1.807, 2.05) is 6.07 Å². The maximum atomic E-state index is 10.0. The van der Waals surface area contributed by atoms with Gasteiger partial charge in [-0.3, -0.25) is 9.78 Å². The van der Waals surface area contributed by atoms with Gasteiger partial charge in [-0.05, 0) is 61.5 Å². The summed E-state index contributed by atoms with van der Waals surface area (Å²) in [6, 6.07) is 18.1. The number of aryl methyl sites for hydroxylation is 3. The van der Waals surface area contributed by atoms with Gasteiger partial charge >= 0.3 is 0 Å². The zero-order chi connectivity index (χ0) is 20.0. The normalized spacial score (nSPS) is 10.7. The van der Waals surface area contributed by atoms with Crippen molar-refractivity contribution in [3.8, 4) is 11.3 Å². The standard InChI is InChI=1S/C19H18N.C5H8O2.Ir/c1-4-15-12-17-8-9-18(20-19(17)11-14(15)3)16-7-5-6-13(2)10-16;1-4(6)3-5(2)7;/h5-6,8-12H,4H2,1-3H3;3,6H,1-2H3;/q-1;;/b;4-3-;. The molecular weight excluding hydrogens is 526 g/mol. The number of carbonyl (C=O) groups excluding carboxylic acids is 1. The molecule has 0 saturated carbocycles. The molecule has 4 heteroatoms. The number of pyridine rings is 1. The van der Waals surface area contributed by atoms with Gasteiger partial charge in [-0.15, -0.1) is 35.4 Å². The number of hydrogen-bond acceptors (Lipinski definition) is 3. The first kappa shape index (κ1) is 23.7. The van der Waals surface area contributed by atoms with E-state index in [9.17, 15) is 4.79 Å². The minimum absolute atomic E-state index is 0. The number of allylic oxidation sites excluding steroid dienone is 2. The van der Waals surface area contributed by atoms with Crippen molar-refractivity contribution < 1.29 is 30.0 Å². The van der Waals surface area contributed by atoms with Crippen molar-refractivity contribution in [3.63, 3.8) is 0 Å². The molecule has 149 valence electrons. The van der Waals surface area contributed by atoms with Crippen molar-refractivity contribution in [2.75, 3.05) is 0 Å².